The fourth-order valence-electron chi connectivity index (χ4n) is 1.64. The van der Waals surface area contributed by atoms with Crippen molar-refractivity contribution in [1.29, 1.82) is 0 Å². The van der Waals surface area contributed by atoms with E-state index in [-0.39, 0.29) is 0 Å². The second-order valence-corrected chi connectivity index (χ2v) is 4.80. The zero-order valence-corrected chi connectivity index (χ0v) is 11.6. The van der Waals surface area contributed by atoms with E-state index in [4.69, 9.17) is 10.5 Å². The van der Waals surface area contributed by atoms with Crippen molar-refractivity contribution in [2.45, 2.75) is 13.0 Å². The number of hydrogen-bond donors (Lipinski definition) is 1. The van der Waals surface area contributed by atoms with Gasteiger partial charge in [0, 0.05) is 22.4 Å². The molecule has 0 amide bonds. The van der Waals surface area contributed by atoms with Gasteiger partial charge >= 0.3 is 0 Å². The fourth-order valence-corrected chi connectivity index (χ4v) is 2.08. The quantitative estimate of drug-likeness (QED) is 0.924. The Hall–Kier alpha value is -1.39. The zero-order chi connectivity index (χ0) is 12.8. The van der Waals surface area contributed by atoms with Gasteiger partial charge in [-0.3, -0.25) is 4.98 Å². The van der Waals surface area contributed by atoms with Crippen LogP contribution in [0, 0.1) is 0 Å². The molecule has 3 nitrogen and oxygen atoms in total. The van der Waals surface area contributed by atoms with Crippen LogP contribution in [0.15, 0.2) is 47.2 Å². The molecule has 0 unspecified atom stereocenters. The van der Waals surface area contributed by atoms with Gasteiger partial charge in [-0.15, -0.1) is 0 Å². The van der Waals surface area contributed by atoms with Crippen molar-refractivity contribution in [3.8, 4) is 5.75 Å². The summed E-state index contributed by atoms with van der Waals surface area (Å²) in [4.78, 5) is 4.05. The first-order valence-electron chi connectivity index (χ1n) is 5.80. The second kappa shape index (κ2) is 6.52. The summed E-state index contributed by atoms with van der Waals surface area (Å²) in [5.41, 5.74) is 7.80. The van der Waals surface area contributed by atoms with E-state index in [9.17, 15) is 0 Å². The summed E-state index contributed by atoms with van der Waals surface area (Å²) >= 11 is 3.51. The van der Waals surface area contributed by atoms with Crippen LogP contribution in [0.25, 0.3) is 0 Å². The largest absolute Gasteiger partial charge is 0.489 e. The Morgan fingerprint density at radius 2 is 2.17 bits per heavy atom. The molecule has 0 aliphatic carbocycles. The standard InChI is InChI=1S/C14H15BrN2O/c15-14-4-3-13(8-12(14)5-6-16)18-10-11-2-1-7-17-9-11/h1-4,7-9H,5-6,10,16H2. The predicted octanol–water partition coefficient (Wildman–Crippen LogP) is 2.92. The number of pyridine rings is 1. The smallest absolute Gasteiger partial charge is 0.120 e. The molecule has 0 atom stereocenters. The van der Waals surface area contributed by atoms with Crippen LogP contribution in [-0.2, 0) is 13.0 Å². The topological polar surface area (TPSA) is 48.1 Å². The van der Waals surface area contributed by atoms with Crippen molar-refractivity contribution in [2.24, 2.45) is 5.73 Å². The summed E-state index contributed by atoms with van der Waals surface area (Å²) in [6.45, 7) is 1.15. The molecule has 2 N–H and O–H groups in total. The number of nitrogens with two attached hydrogens (primary N) is 1. The van der Waals surface area contributed by atoms with Gasteiger partial charge in [-0.2, -0.15) is 0 Å². The number of ether oxygens (including phenoxy) is 1. The highest BCUT2D eigenvalue weighted by molar-refractivity contribution is 9.10. The molecule has 4 heteroatoms. The van der Waals surface area contributed by atoms with Gasteiger partial charge in [0.25, 0.3) is 0 Å². The normalized spacial score (nSPS) is 10.3. The van der Waals surface area contributed by atoms with Crippen molar-refractivity contribution < 1.29 is 4.74 Å². The van der Waals surface area contributed by atoms with Gasteiger partial charge in [-0.1, -0.05) is 22.0 Å². The third-order valence-corrected chi connectivity index (χ3v) is 3.33. The highest BCUT2D eigenvalue weighted by atomic mass is 79.9. The van der Waals surface area contributed by atoms with Crippen LogP contribution < -0.4 is 10.5 Å². The Balaban J connectivity index is 2.03. The first-order valence-corrected chi connectivity index (χ1v) is 6.59. The van der Waals surface area contributed by atoms with E-state index in [1.807, 2.05) is 30.3 Å². The molecule has 94 valence electrons. The third kappa shape index (κ3) is 3.55. The minimum atomic E-state index is 0.525. The molecule has 0 spiro atoms. The maximum Gasteiger partial charge on any atom is 0.120 e. The molecule has 2 aromatic rings. The van der Waals surface area contributed by atoms with Gasteiger partial charge in [0.05, 0.1) is 0 Å². The highest BCUT2D eigenvalue weighted by Crippen LogP contribution is 2.23. The van der Waals surface area contributed by atoms with Gasteiger partial charge in [-0.25, -0.2) is 0 Å². The number of nitrogens with zero attached hydrogens (tertiary/aromatic N) is 1. The fraction of sp³-hybridized carbons (Fsp3) is 0.214. The molecule has 1 heterocycles. The Kier molecular flexibility index (Phi) is 4.73. The molecule has 0 aliphatic heterocycles. The van der Waals surface area contributed by atoms with E-state index in [2.05, 4.69) is 20.9 Å². The van der Waals surface area contributed by atoms with Crippen LogP contribution in [0.2, 0.25) is 0 Å². The number of benzene rings is 1. The maximum absolute atomic E-state index is 5.73. The molecule has 0 bridgehead atoms. The van der Waals surface area contributed by atoms with E-state index >= 15 is 0 Å². The van der Waals surface area contributed by atoms with Gasteiger partial charge in [0.2, 0.25) is 0 Å². The predicted molar refractivity (Wildman–Crippen MR) is 75.5 cm³/mol. The van der Waals surface area contributed by atoms with E-state index in [0.717, 1.165) is 22.2 Å². The summed E-state index contributed by atoms with van der Waals surface area (Å²) in [6.07, 6.45) is 4.40. The average molecular weight is 307 g/mol. The summed E-state index contributed by atoms with van der Waals surface area (Å²) in [5, 5.41) is 0. The first-order chi connectivity index (χ1) is 8.79. The maximum atomic E-state index is 5.73. The monoisotopic (exact) mass is 306 g/mol. The molecule has 1 aromatic heterocycles. The summed E-state index contributed by atoms with van der Waals surface area (Å²) in [7, 11) is 0. The van der Waals surface area contributed by atoms with Gasteiger partial charge < -0.3 is 10.5 Å². The van der Waals surface area contributed by atoms with Crippen LogP contribution in [0.3, 0.4) is 0 Å². The Morgan fingerprint density at radius 1 is 1.28 bits per heavy atom. The van der Waals surface area contributed by atoms with Crippen LogP contribution in [-0.4, -0.2) is 11.5 Å². The number of rotatable bonds is 5. The van der Waals surface area contributed by atoms with Crippen molar-refractivity contribution in [2.75, 3.05) is 6.54 Å². The lowest BCUT2D eigenvalue weighted by molar-refractivity contribution is 0.305. The third-order valence-electron chi connectivity index (χ3n) is 2.56. The van der Waals surface area contributed by atoms with Crippen molar-refractivity contribution in [3.05, 3.63) is 58.3 Å². The summed E-state index contributed by atoms with van der Waals surface area (Å²) in [5.74, 6) is 0.852. The van der Waals surface area contributed by atoms with E-state index in [1.165, 1.54) is 5.56 Å². The highest BCUT2D eigenvalue weighted by Gasteiger charge is 2.02. The van der Waals surface area contributed by atoms with E-state index < -0.39 is 0 Å². The second-order valence-electron chi connectivity index (χ2n) is 3.94. The van der Waals surface area contributed by atoms with Gasteiger partial charge in [-0.05, 0) is 42.8 Å². The van der Waals surface area contributed by atoms with Crippen molar-refractivity contribution >= 4 is 15.9 Å². The van der Waals surface area contributed by atoms with Crippen LogP contribution in [0.1, 0.15) is 11.1 Å². The van der Waals surface area contributed by atoms with Crippen molar-refractivity contribution in [1.82, 2.24) is 4.98 Å². The molecule has 1 aromatic carbocycles. The molecule has 2 rings (SSSR count). The Labute approximate surface area is 115 Å². The Bertz CT molecular complexity index is 502. The van der Waals surface area contributed by atoms with Crippen LogP contribution in [0.4, 0.5) is 0 Å². The van der Waals surface area contributed by atoms with E-state index in [1.54, 1.807) is 12.4 Å². The molecular weight excluding hydrogens is 292 g/mol. The molecule has 0 fully saturated rings. The lowest BCUT2D eigenvalue weighted by atomic mass is 10.1. The molecule has 0 saturated carbocycles. The molecule has 0 aliphatic rings. The lowest BCUT2D eigenvalue weighted by Crippen LogP contribution is -2.04. The molecule has 0 saturated heterocycles. The number of halogens is 1. The van der Waals surface area contributed by atoms with Crippen LogP contribution in [0.5, 0.6) is 5.75 Å². The number of aromatic nitrogens is 1. The first kappa shape index (κ1) is 13.1. The summed E-state index contributed by atoms with van der Waals surface area (Å²) in [6, 6.07) is 9.85. The summed E-state index contributed by atoms with van der Waals surface area (Å²) < 4.78 is 6.80. The van der Waals surface area contributed by atoms with Crippen LogP contribution >= 0.6 is 15.9 Å². The minimum absolute atomic E-state index is 0.525. The molecule has 18 heavy (non-hydrogen) atoms. The lowest BCUT2D eigenvalue weighted by Gasteiger charge is -2.09. The van der Waals surface area contributed by atoms with Gasteiger partial charge in [0.1, 0.15) is 12.4 Å². The zero-order valence-electron chi connectivity index (χ0n) is 9.97. The van der Waals surface area contributed by atoms with E-state index in [0.29, 0.717) is 13.2 Å². The van der Waals surface area contributed by atoms with Gasteiger partial charge in [0.15, 0.2) is 0 Å². The Morgan fingerprint density at radius 3 is 2.89 bits per heavy atom. The average Bonchev–Trinajstić information content (AvgIpc) is 2.41. The minimum Gasteiger partial charge on any atom is -0.489 e. The number of hydrogen-bond acceptors (Lipinski definition) is 3. The molecular formula is C14H15BrN2O. The van der Waals surface area contributed by atoms with Crippen molar-refractivity contribution in [3.63, 3.8) is 0 Å². The SMILES string of the molecule is NCCc1cc(OCc2cccnc2)ccc1Br. The molecule has 0 radical (unpaired) electrons.